The second-order valence-corrected chi connectivity index (χ2v) is 3.90. The van der Waals surface area contributed by atoms with E-state index in [4.69, 9.17) is 5.73 Å². The zero-order valence-corrected chi connectivity index (χ0v) is 10.1. The van der Waals surface area contributed by atoms with Gasteiger partial charge in [-0.1, -0.05) is 6.07 Å². The molecule has 0 spiro atoms. The number of hydrogen-bond donors (Lipinski definition) is 2. The molecule has 0 aromatic carbocycles. The summed E-state index contributed by atoms with van der Waals surface area (Å²) in [4.78, 5) is 19.8. The molecule has 0 saturated heterocycles. The van der Waals surface area contributed by atoms with Crippen LogP contribution in [0.25, 0.3) is 0 Å². The van der Waals surface area contributed by atoms with Gasteiger partial charge in [-0.2, -0.15) is 0 Å². The number of rotatable bonds is 3. The van der Waals surface area contributed by atoms with Crippen LogP contribution in [0.4, 0.5) is 5.82 Å². The first-order valence-corrected chi connectivity index (χ1v) is 5.57. The number of nitrogen functional groups attached to an aromatic ring is 1. The first-order valence-electron chi connectivity index (χ1n) is 5.57. The number of nitrogens with one attached hydrogen (secondary N) is 1. The van der Waals surface area contributed by atoms with Crippen LogP contribution in [0.1, 0.15) is 21.6 Å². The molecular weight excluding hydrogens is 228 g/mol. The minimum atomic E-state index is -0.131. The van der Waals surface area contributed by atoms with E-state index in [-0.39, 0.29) is 5.91 Å². The number of amides is 1. The average molecular weight is 242 g/mol. The predicted octanol–water partition coefficient (Wildman–Crippen LogP) is 1.30. The van der Waals surface area contributed by atoms with Gasteiger partial charge in [-0.05, 0) is 30.7 Å². The summed E-state index contributed by atoms with van der Waals surface area (Å²) >= 11 is 0. The smallest absolute Gasteiger partial charge is 0.251 e. The molecule has 0 aliphatic heterocycles. The lowest BCUT2D eigenvalue weighted by atomic mass is 10.2. The van der Waals surface area contributed by atoms with E-state index in [9.17, 15) is 4.79 Å². The highest BCUT2D eigenvalue weighted by atomic mass is 16.1. The third kappa shape index (κ3) is 2.82. The lowest BCUT2D eigenvalue weighted by molar-refractivity contribution is 0.0950. The molecule has 5 nitrogen and oxygen atoms in total. The Morgan fingerprint density at radius 3 is 2.67 bits per heavy atom. The monoisotopic (exact) mass is 242 g/mol. The van der Waals surface area contributed by atoms with Gasteiger partial charge in [-0.25, -0.2) is 4.98 Å². The molecule has 0 saturated carbocycles. The summed E-state index contributed by atoms with van der Waals surface area (Å²) in [5.74, 6) is 0.352. The molecule has 0 bridgehead atoms. The number of nitrogens with two attached hydrogens (primary N) is 1. The Balaban J connectivity index is 2.02. The van der Waals surface area contributed by atoms with Gasteiger partial charge >= 0.3 is 0 Å². The largest absolute Gasteiger partial charge is 0.384 e. The molecule has 0 aliphatic rings. The minimum absolute atomic E-state index is 0.131. The molecular formula is C13H14N4O. The molecule has 2 heterocycles. The lowest BCUT2D eigenvalue weighted by Gasteiger charge is -2.07. The number of hydrogen-bond acceptors (Lipinski definition) is 4. The van der Waals surface area contributed by atoms with Crippen molar-refractivity contribution in [1.29, 1.82) is 0 Å². The van der Waals surface area contributed by atoms with Gasteiger partial charge in [-0.15, -0.1) is 0 Å². The van der Waals surface area contributed by atoms with Crippen LogP contribution < -0.4 is 11.1 Å². The second kappa shape index (κ2) is 5.27. The number of anilines is 1. The van der Waals surface area contributed by atoms with Crippen LogP contribution in [0.15, 0.2) is 36.7 Å². The number of aryl methyl sites for hydroxylation is 1. The fraction of sp³-hybridized carbons (Fsp3) is 0.154. The molecule has 2 aromatic heterocycles. The summed E-state index contributed by atoms with van der Waals surface area (Å²) in [6.07, 6.45) is 3.18. The van der Waals surface area contributed by atoms with Crippen molar-refractivity contribution in [3.63, 3.8) is 0 Å². The molecule has 0 fully saturated rings. The van der Waals surface area contributed by atoms with Crippen LogP contribution in [0, 0.1) is 6.92 Å². The number of aromatic nitrogens is 2. The Morgan fingerprint density at radius 2 is 2.00 bits per heavy atom. The van der Waals surface area contributed by atoms with Gasteiger partial charge in [0.1, 0.15) is 5.82 Å². The molecule has 18 heavy (non-hydrogen) atoms. The van der Waals surface area contributed by atoms with Crippen molar-refractivity contribution in [2.24, 2.45) is 0 Å². The van der Waals surface area contributed by atoms with Crippen molar-refractivity contribution < 1.29 is 4.79 Å². The number of carbonyl (C=O) groups is 1. The maximum absolute atomic E-state index is 11.8. The van der Waals surface area contributed by atoms with E-state index >= 15 is 0 Å². The molecule has 5 heteroatoms. The molecule has 0 unspecified atom stereocenters. The van der Waals surface area contributed by atoms with Crippen LogP contribution in [0.5, 0.6) is 0 Å². The molecule has 2 rings (SSSR count). The topological polar surface area (TPSA) is 80.9 Å². The van der Waals surface area contributed by atoms with Crippen LogP contribution in [0.3, 0.4) is 0 Å². The molecule has 1 amide bonds. The third-order valence-corrected chi connectivity index (χ3v) is 2.60. The van der Waals surface area contributed by atoms with E-state index in [1.165, 1.54) is 0 Å². The van der Waals surface area contributed by atoms with E-state index in [1.54, 1.807) is 30.6 Å². The Bertz CT molecular complexity index is 554. The van der Waals surface area contributed by atoms with Gasteiger partial charge in [-0.3, -0.25) is 9.78 Å². The van der Waals surface area contributed by atoms with Crippen molar-refractivity contribution in [2.75, 3.05) is 5.73 Å². The van der Waals surface area contributed by atoms with Crippen molar-refractivity contribution in [3.05, 3.63) is 53.5 Å². The summed E-state index contributed by atoms with van der Waals surface area (Å²) in [5.41, 5.74) is 7.93. The number of pyridine rings is 2. The van der Waals surface area contributed by atoms with Crippen molar-refractivity contribution >= 4 is 11.7 Å². The van der Waals surface area contributed by atoms with Crippen molar-refractivity contribution in [2.45, 2.75) is 13.5 Å². The van der Waals surface area contributed by atoms with E-state index in [0.29, 0.717) is 17.9 Å². The van der Waals surface area contributed by atoms with Crippen LogP contribution in [-0.4, -0.2) is 15.9 Å². The van der Waals surface area contributed by atoms with Crippen molar-refractivity contribution in [3.8, 4) is 0 Å². The van der Waals surface area contributed by atoms with Gasteiger partial charge in [0.2, 0.25) is 0 Å². The van der Waals surface area contributed by atoms with Crippen LogP contribution in [-0.2, 0) is 6.54 Å². The van der Waals surface area contributed by atoms with E-state index in [2.05, 4.69) is 15.3 Å². The van der Waals surface area contributed by atoms with Crippen LogP contribution in [0.2, 0.25) is 0 Å². The third-order valence-electron chi connectivity index (χ3n) is 2.60. The summed E-state index contributed by atoms with van der Waals surface area (Å²) in [5, 5.41) is 2.83. The lowest BCUT2D eigenvalue weighted by Crippen LogP contribution is -2.23. The first kappa shape index (κ1) is 12.0. The van der Waals surface area contributed by atoms with E-state index < -0.39 is 0 Å². The minimum Gasteiger partial charge on any atom is -0.384 e. The quantitative estimate of drug-likeness (QED) is 0.850. The Morgan fingerprint density at radius 1 is 1.28 bits per heavy atom. The van der Waals surface area contributed by atoms with Gasteiger partial charge in [0.15, 0.2) is 0 Å². The van der Waals surface area contributed by atoms with Gasteiger partial charge in [0, 0.05) is 30.2 Å². The summed E-state index contributed by atoms with van der Waals surface area (Å²) in [7, 11) is 0. The fourth-order valence-electron chi connectivity index (χ4n) is 1.58. The standard InChI is InChI=1S/C13H14N4O/c1-9-11(2-3-12(14)17-9)8-16-13(18)10-4-6-15-7-5-10/h2-7H,8H2,1H3,(H2,14,17)(H,16,18). The zero-order chi connectivity index (χ0) is 13.0. The predicted molar refractivity (Wildman–Crippen MR) is 68.8 cm³/mol. The maximum Gasteiger partial charge on any atom is 0.251 e. The Kier molecular flexibility index (Phi) is 3.52. The molecule has 92 valence electrons. The second-order valence-electron chi connectivity index (χ2n) is 3.90. The summed E-state index contributed by atoms with van der Waals surface area (Å²) in [6, 6.07) is 6.93. The molecule has 2 aromatic rings. The molecule has 3 N–H and O–H groups in total. The first-order chi connectivity index (χ1) is 8.66. The van der Waals surface area contributed by atoms with Crippen LogP contribution >= 0.6 is 0 Å². The van der Waals surface area contributed by atoms with Gasteiger partial charge < -0.3 is 11.1 Å². The van der Waals surface area contributed by atoms with E-state index in [0.717, 1.165) is 11.3 Å². The highest BCUT2D eigenvalue weighted by Crippen LogP contribution is 2.08. The fourth-order valence-corrected chi connectivity index (χ4v) is 1.58. The molecule has 0 atom stereocenters. The summed E-state index contributed by atoms with van der Waals surface area (Å²) in [6.45, 7) is 2.30. The van der Waals surface area contributed by atoms with Gasteiger partial charge in [0.25, 0.3) is 5.91 Å². The van der Waals surface area contributed by atoms with Gasteiger partial charge in [0.05, 0.1) is 0 Å². The molecule has 0 radical (unpaired) electrons. The SMILES string of the molecule is Cc1nc(N)ccc1CNC(=O)c1ccncc1. The normalized spacial score (nSPS) is 10.1. The highest BCUT2D eigenvalue weighted by molar-refractivity contribution is 5.93. The van der Waals surface area contributed by atoms with Crippen molar-refractivity contribution in [1.82, 2.24) is 15.3 Å². The zero-order valence-electron chi connectivity index (χ0n) is 10.1. The average Bonchev–Trinajstić information content (AvgIpc) is 2.38. The Hall–Kier alpha value is -2.43. The van der Waals surface area contributed by atoms with E-state index in [1.807, 2.05) is 13.0 Å². The summed E-state index contributed by atoms with van der Waals surface area (Å²) < 4.78 is 0. The molecule has 0 aliphatic carbocycles. The number of carbonyl (C=O) groups excluding carboxylic acids is 1. The maximum atomic E-state index is 11.8. The Labute approximate surface area is 105 Å². The number of nitrogens with zero attached hydrogens (tertiary/aromatic N) is 2. The highest BCUT2D eigenvalue weighted by Gasteiger charge is 2.06.